The molecular formula is C27H39NO4. The maximum absolute atomic E-state index is 12.1. The van der Waals surface area contributed by atoms with Gasteiger partial charge in [0.15, 0.2) is 5.79 Å². The molecule has 1 aromatic rings. The van der Waals surface area contributed by atoms with Crippen LogP contribution in [0, 0.1) is 34.5 Å². The lowest BCUT2D eigenvalue weighted by Crippen LogP contribution is -2.64. The maximum Gasteiger partial charge on any atom is 0.163 e. The van der Waals surface area contributed by atoms with Gasteiger partial charge in [-0.2, -0.15) is 0 Å². The van der Waals surface area contributed by atoms with Crippen LogP contribution in [0.4, 0.5) is 0 Å². The maximum atomic E-state index is 12.1. The molecule has 2 unspecified atom stereocenters. The average molecular weight is 442 g/mol. The van der Waals surface area contributed by atoms with Crippen molar-refractivity contribution in [1.29, 1.82) is 0 Å². The van der Waals surface area contributed by atoms with Gasteiger partial charge in [0.1, 0.15) is 5.60 Å². The molecule has 0 spiro atoms. The van der Waals surface area contributed by atoms with Crippen molar-refractivity contribution in [1.82, 2.24) is 4.98 Å². The fraction of sp³-hybridized carbons (Fsp3) is 0.815. The first-order valence-corrected chi connectivity index (χ1v) is 12.8. The van der Waals surface area contributed by atoms with Gasteiger partial charge in [0.2, 0.25) is 0 Å². The van der Waals surface area contributed by atoms with Gasteiger partial charge in [0.05, 0.1) is 24.0 Å². The number of aromatic nitrogens is 1. The van der Waals surface area contributed by atoms with E-state index in [-0.39, 0.29) is 29.1 Å². The summed E-state index contributed by atoms with van der Waals surface area (Å²) in [6.07, 6.45) is 8.27. The van der Waals surface area contributed by atoms with Crippen LogP contribution >= 0.6 is 0 Å². The number of aliphatic hydroxyl groups excluding tert-OH is 1. The predicted octanol–water partition coefficient (Wildman–Crippen LogP) is 4.41. The molecule has 32 heavy (non-hydrogen) atoms. The highest BCUT2D eigenvalue weighted by Crippen LogP contribution is 2.71. The number of hydrogen-bond acceptors (Lipinski definition) is 5. The van der Waals surface area contributed by atoms with Crippen LogP contribution in [0.1, 0.15) is 78.3 Å². The van der Waals surface area contributed by atoms with E-state index in [2.05, 4.69) is 18.8 Å². The standard InChI is InChI=1S/C27H39NO4/c1-24(2)31-22-19-15-16(29)8-11-25(19,3)17-9-12-26(4)18(21(17)23(22)32-24)10-13-27(26,30)20-7-5-6-14-28-20/h5-7,14,16-19,21-23,29-30H,8-13,15H2,1-4H3/t16-,17?,18-,19+,21?,22+,23+,25+,26-,27+/m0/s1. The molecule has 176 valence electrons. The molecule has 1 aliphatic heterocycles. The Bertz CT molecular complexity index is 891. The van der Waals surface area contributed by atoms with Crippen LogP contribution in [-0.2, 0) is 15.1 Å². The molecule has 0 aromatic carbocycles. The van der Waals surface area contributed by atoms with Gasteiger partial charge < -0.3 is 19.7 Å². The molecule has 5 aliphatic rings. The molecule has 2 N–H and O–H groups in total. The predicted molar refractivity (Wildman–Crippen MR) is 120 cm³/mol. The summed E-state index contributed by atoms with van der Waals surface area (Å²) in [5, 5.41) is 22.7. The van der Waals surface area contributed by atoms with E-state index in [9.17, 15) is 10.2 Å². The van der Waals surface area contributed by atoms with E-state index >= 15 is 0 Å². The summed E-state index contributed by atoms with van der Waals surface area (Å²) in [6, 6.07) is 5.92. The quantitative estimate of drug-likeness (QED) is 0.675. The number of fused-ring (bicyclic) bond motifs is 8. The smallest absolute Gasteiger partial charge is 0.163 e. The minimum atomic E-state index is -0.894. The third-order valence-corrected chi connectivity index (χ3v) is 10.7. The topological polar surface area (TPSA) is 71.8 Å². The van der Waals surface area contributed by atoms with E-state index in [4.69, 9.17) is 9.47 Å². The van der Waals surface area contributed by atoms with Gasteiger partial charge in [-0.3, -0.25) is 4.98 Å². The van der Waals surface area contributed by atoms with Crippen LogP contribution in [0.15, 0.2) is 24.4 Å². The highest BCUT2D eigenvalue weighted by atomic mass is 16.8. The molecule has 2 heterocycles. The molecule has 5 heteroatoms. The molecular weight excluding hydrogens is 402 g/mol. The Morgan fingerprint density at radius 1 is 0.906 bits per heavy atom. The van der Waals surface area contributed by atoms with Crippen LogP contribution in [0.25, 0.3) is 0 Å². The summed E-state index contributed by atoms with van der Waals surface area (Å²) in [5.74, 6) is 1.03. The fourth-order valence-corrected chi connectivity index (χ4v) is 9.21. The van der Waals surface area contributed by atoms with Crippen molar-refractivity contribution in [3.63, 3.8) is 0 Å². The number of nitrogens with zero attached hydrogens (tertiary/aromatic N) is 1. The Kier molecular flexibility index (Phi) is 4.56. The highest BCUT2D eigenvalue weighted by Gasteiger charge is 2.71. The van der Waals surface area contributed by atoms with Gasteiger partial charge in [-0.25, -0.2) is 0 Å². The van der Waals surface area contributed by atoms with Crippen LogP contribution in [0.3, 0.4) is 0 Å². The van der Waals surface area contributed by atoms with E-state index < -0.39 is 11.4 Å². The second-order valence-corrected chi connectivity index (χ2v) is 12.5. The SMILES string of the molecule is CC1(C)O[C@H]2[C@H](O1)C1C(CC[C@@]3(C)[C@H]1CC[C@@]3(O)c1ccccn1)[C@@]1(C)CC[C@H](O)C[C@H]21. The van der Waals surface area contributed by atoms with Crippen LogP contribution in [0.2, 0.25) is 0 Å². The van der Waals surface area contributed by atoms with Gasteiger partial charge in [-0.05, 0) is 100 Å². The van der Waals surface area contributed by atoms with Crippen molar-refractivity contribution in [3.8, 4) is 0 Å². The first kappa shape index (κ1) is 21.5. The van der Waals surface area contributed by atoms with Crippen LogP contribution < -0.4 is 0 Å². The Balaban J connectivity index is 1.43. The molecule has 6 rings (SSSR count). The Morgan fingerprint density at radius 2 is 1.66 bits per heavy atom. The third kappa shape index (κ3) is 2.68. The molecule has 4 aliphatic carbocycles. The number of ether oxygens (including phenoxy) is 2. The van der Waals surface area contributed by atoms with Gasteiger partial charge in [0.25, 0.3) is 0 Å². The fourth-order valence-electron chi connectivity index (χ4n) is 9.21. The van der Waals surface area contributed by atoms with Crippen molar-refractivity contribution >= 4 is 0 Å². The zero-order valence-electron chi connectivity index (χ0n) is 20.0. The Morgan fingerprint density at radius 3 is 2.41 bits per heavy atom. The first-order chi connectivity index (χ1) is 15.1. The average Bonchev–Trinajstić information content (AvgIpc) is 3.23. The normalized spacial score (nSPS) is 53.8. The lowest BCUT2D eigenvalue weighted by Gasteiger charge is -2.63. The van der Waals surface area contributed by atoms with Crippen LogP contribution in [-0.4, -0.2) is 39.3 Å². The molecule has 4 saturated carbocycles. The lowest BCUT2D eigenvalue weighted by molar-refractivity contribution is -0.206. The van der Waals surface area contributed by atoms with Gasteiger partial charge in [-0.15, -0.1) is 0 Å². The Labute approximate surface area is 191 Å². The van der Waals surface area contributed by atoms with E-state index in [1.54, 1.807) is 0 Å². The minimum Gasteiger partial charge on any atom is -0.393 e. The summed E-state index contributed by atoms with van der Waals surface area (Å²) in [6.45, 7) is 8.86. The molecule has 5 nitrogen and oxygen atoms in total. The number of aliphatic hydroxyl groups is 2. The number of pyridine rings is 1. The molecule has 0 bridgehead atoms. The van der Waals surface area contributed by atoms with Crippen molar-refractivity contribution in [2.45, 2.75) is 102 Å². The van der Waals surface area contributed by atoms with E-state index in [0.717, 1.165) is 50.6 Å². The molecule has 1 aromatic heterocycles. The monoisotopic (exact) mass is 441 g/mol. The van der Waals surface area contributed by atoms with E-state index in [0.29, 0.717) is 23.7 Å². The molecule has 1 saturated heterocycles. The van der Waals surface area contributed by atoms with Gasteiger partial charge in [0, 0.05) is 11.6 Å². The summed E-state index contributed by atoms with van der Waals surface area (Å²) < 4.78 is 13.3. The number of rotatable bonds is 1. The summed E-state index contributed by atoms with van der Waals surface area (Å²) in [4.78, 5) is 4.62. The van der Waals surface area contributed by atoms with E-state index in [1.807, 2.05) is 38.2 Å². The van der Waals surface area contributed by atoms with E-state index in [1.165, 1.54) is 0 Å². The highest BCUT2D eigenvalue weighted by molar-refractivity contribution is 5.25. The van der Waals surface area contributed by atoms with Crippen molar-refractivity contribution < 1.29 is 19.7 Å². The molecule has 0 radical (unpaired) electrons. The summed E-state index contributed by atoms with van der Waals surface area (Å²) in [5.41, 5.74) is -0.137. The second-order valence-electron chi connectivity index (χ2n) is 12.5. The first-order valence-electron chi connectivity index (χ1n) is 12.8. The second kappa shape index (κ2) is 6.78. The lowest BCUT2D eigenvalue weighted by atomic mass is 9.43. The summed E-state index contributed by atoms with van der Waals surface area (Å²) >= 11 is 0. The van der Waals surface area contributed by atoms with Gasteiger partial charge >= 0.3 is 0 Å². The third-order valence-electron chi connectivity index (χ3n) is 10.7. The van der Waals surface area contributed by atoms with Crippen LogP contribution in [0.5, 0.6) is 0 Å². The Hall–Kier alpha value is -1.01. The molecule has 5 fully saturated rings. The molecule has 10 atom stereocenters. The van der Waals surface area contributed by atoms with Crippen molar-refractivity contribution in [2.75, 3.05) is 0 Å². The summed E-state index contributed by atoms with van der Waals surface area (Å²) in [7, 11) is 0. The number of hydrogen-bond donors (Lipinski definition) is 2. The van der Waals surface area contributed by atoms with Crippen molar-refractivity contribution in [2.24, 2.45) is 34.5 Å². The molecule has 0 amide bonds. The van der Waals surface area contributed by atoms with Gasteiger partial charge in [-0.1, -0.05) is 19.9 Å². The largest absolute Gasteiger partial charge is 0.393 e. The zero-order valence-corrected chi connectivity index (χ0v) is 20.0. The zero-order chi connectivity index (χ0) is 22.5. The van der Waals surface area contributed by atoms with Crippen molar-refractivity contribution in [3.05, 3.63) is 30.1 Å². The minimum absolute atomic E-state index is 0.0251.